The predicted octanol–water partition coefficient (Wildman–Crippen LogP) is 3.22. The minimum Gasteiger partial charge on any atom is -0.463 e. The summed E-state index contributed by atoms with van der Waals surface area (Å²) >= 11 is 0. The first-order chi connectivity index (χ1) is 12.8. The standard InChI is InChI=1S/C21H21N3O2/c25-21(24-18-9-13-8-14(18)12-22-11-13)16-10-19(20-6-3-7-26-20)23-17-5-2-1-4-15(16)17/h1-7,10,13-14,18,22H,8-9,11-12H2,(H,24,25)/t13-,14-,18+/m0/s1. The van der Waals surface area contributed by atoms with Gasteiger partial charge in [-0.15, -0.1) is 0 Å². The Bertz CT molecular complexity index is 951. The Morgan fingerprint density at radius 2 is 2.08 bits per heavy atom. The van der Waals surface area contributed by atoms with Gasteiger partial charge in [0.1, 0.15) is 5.69 Å². The summed E-state index contributed by atoms with van der Waals surface area (Å²) in [6.45, 7) is 2.07. The topological polar surface area (TPSA) is 67.2 Å². The van der Waals surface area contributed by atoms with Gasteiger partial charge in [0.2, 0.25) is 0 Å². The van der Waals surface area contributed by atoms with Crippen molar-refractivity contribution in [2.45, 2.75) is 18.9 Å². The summed E-state index contributed by atoms with van der Waals surface area (Å²) in [4.78, 5) is 17.8. The number of nitrogens with zero attached hydrogens (tertiary/aromatic N) is 1. The van der Waals surface area contributed by atoms with E-state index in [-0.39, 0.29) is 11.9 Å². The number of para-hydroxylation sites is 1. The lowest BCUT2D eigenvalue weighted by molar-refractivity contribution is 0.0930. The van der Waals surface area contributed by atoms with Crippen LogP contribution in [0.4, 0.5) is 0 Å². The molecular weight excluding hydrogens is 326 g/mol. The molecule has 2 bridgehead atoms. The number of fused-ring (bicyclic) bond motifs is 3. The van der Waals surface area contributed by atoms with Gasteiger partial charge in [-0.25, -0.2) is 4.98 Å². The number of carbonyl (C=O) groups is 1. The quantitative estimate of drug-likeness (QED) is 0.763. The molecule has 3 aromatic rings. The molecule has 2 N–H and O–H groups in total. The average Bonchev–Trinajstić information content (AvgIpc) is 3.29. The number of furan rings is 1. The van der Waals surface area contributed by atoms with Gasteiger partial charge in [-0.1, -0.05) is 18.2 Å². The summed E-state index contributed by atoms with van der Waals surface area (Å²) in [6.07, 6.45) is 3.90. The third-order valence-corrected chi connectivity index (χ3v) is 5.68. The third kappa shape index (κ3) is 2.69. The molecule has 26 heavy (non-hydrogen) atoms. The molecule has 1 saturated carbocycles. The SMILES string of the molecule is O=C(N[C@@H]1C[C@H]2CNC[C@@H]1C2)c1cc(-c2ccco2)nc2ccccc12. The molecule has 5 nitrogen and oxygen atoms in total. The van der Waals surface area contributed by atoms with Crippen molar-refractivity contribution >= 4 is 16.8 Å². The van der Waals surface area contributed by atoms with Crippen LogP contribution in [-0.4, -0.2) is 30.0 Å². The summed E-state index contributed by atoms with van der Waals surface area (Å²) in [7, 11) is 0. The smallest absolute Gasteiger partial charge is 0.252 e. The highest BCUT2D eigenvalue weighted by Crippen LogP contribution is 2.34. The van der Waals surface area contributed by atoms with Crippen molar-refractivity contribution in [1.29, 1.82) is 0 Å². The van der Waals surface area contributed by atoms with Gasteiger partial charge >= 0.3 is 0 Å². The Morgan fingerprint density at radius 1 is 1.15 bits per heavy atom. The molecule has 2 fully saturated rings. The van der Waals surface area contributed by atoms with Crippen LogP contribution >= 0.6 is 0 Å². The summed E-state index contributed by atoms with van der Waals surface area (Å²) in [5.41, 5.74) is 2.15. The molecule has 1 saturated heterocycles. The molecular formula is C21H21N3O2. The number of hydrogen-bond acceptors (Lipinski definition) is 4. The van der Waals surface area contributed by atoms with Crippen LogP contribution in [0, 0.1) is 11.8 Å². The molecule has 2 aromatic heterocycles. The van der Waals surface area contributed by atoms with Crippen LogP contribution in [0.2, 0.25) is 0 Å². The zero-order valence-electron chi connectivity index (χ0n) is 14.4. The van der Waals surface area contributed by atoms with Crippen molar-refractivity contribution in [3.63, 3.8) is 0 Å². The van der Waals surface area contributed by atoms with E-state index in [1.807, 2.05) is 42.5 Å². The summed E-state index contributed by atoms with van der Waals surface area (Å²) in [5.74, 6) is 1.88. The normalized spacial score (nSPS) is 24.7. The summed E-state index contributed by atoms with van der Waals surface area (Å²) < 4.78 is 5.49. The molecule has 5 rings (SSSR count). The number of hydrogen-bond donors (Lipinski definition) is 2. The Kier molecular flexibility index (Phi) is 3.75. The van der Waals surface area contributed by atoms with Crippen LogP contribution in [0.25, 0.3) is 22.4 Å². The van der Waals surface area contributed by atoms with Gasteiger partial charge in [0.15, 0.2) is 5.76 Å². The monoisotopic (exact) mass is 347 g/mol. The van der Waals surface area contributed by atoms with E-state index in [9.17, 15) is 4.79 Å². The second-order valence-electron chi connectivity index (χ2n) is 7.39. The van der Waals surface area contributed by atoms with Crippen molar-refractivity contribution in [2.75, 3.05) is 13.1 Å². The predicted molar refractivity (Wildman–Crippen MR) is 99.8 cm³/mol. The van der Waals surface area contributed by atoms with E-state index < -0.39 is 0 Å². The fourth-order valence-corrected chi connectivity index (χ4v) is 4.44. The van der Waals surface area contributed by atoms with Gasteiger partial charge in [-0.2, -0.15) is 0 Å². The molecule has 0 unspecified atom stereocenters. The zero-order valence-corrected chi connectivity index (χ0v) is 14.4. The van der Waals surface area contributed by atoms with Gasteiger partial charge in [-0.05, 0) is 62.0 Å². The maximum absolute atomic E-state index is 13.1. The molecule has 1 aliphatic carbocycles. The number of amides is 1. The maximum atomic E-state index is 13.1. The maximum Gasteiger partial charge on any atom is 0.252 e. The molecule has 2 aliphatic rings. The molecule has 1 aromatic carbocycles. The first kappa shape index (κ1) is 15.6. The fourth-order valence-electron chi connectivity index (χ4n) is 4.44. The van der Waals surface area contributed by atoms with Gasteiger partial charge < -0.3 is 15.1 Å². The van der Waals surface area contributed by atoms with Crippen LogP contribution in [0.15, 0.2) is 53.1 Å². The molecule has 3 atom stereocenters. The van der Waals surface area contributed by atoms with Crippen molar-refractivity contribution in [3.8, 4) is 11.5 Å². The highest BCUT2D eigenvalue weighted by atomic mass is 16.3. The Balaban J connectivity index is 1.51. The van der Waals surface area contributed by atoms with Crippen LogP contribution in [0.3, 0.4) is 0 Å². The zero-order chi connectivity index (χ0) is 17.5. The minimum absolute atomic E-state index is 0.0195. The van der Waals surface area contributed by atoms with Crippen molar-refractivity contribution in [3.05, 3.63) is 54.3 Å². The van der Waals surface area contributed by atoms with E-state index in [4.69, 9.17) is 4.42 Å². The Labute approximate surface area is 151 Å². The largest absolute Gasteiger partial charge is 0.463 e. The summed E-state index contributed by atoms with van der Waals surface area (Å²) in [6, 6.07) is 13.6. The molecule has 0 radical (unpaired) electrons. The van der Waals surface area contributed by atoms with E-state index >= 15 is 0 Å². The third-order valence-electron chi connectivity index (χ3n) is 5.68. The molecule has 1 amide bonds. The van der Waals surface area contributed by atoms with E-state index in [1.165, 1.54) is 6.42 Å². The van der Waals surface area contributed by atoms with Gasteiger partial charge in [-0.3, -0.25) is 4.79 Å². The number of nitrogens with one attached hydrogen (secondary N) is 2. The molecule has 132 valence electrons. The van der Waals surface area contributed by atoms with Crippen LogP contribution < -0.4 is 10.6 Å². The first-order valence-corrected chi connectivity index (χ1v) is 9.23. The number of aromatic nitrogens is 1. The van der Waals surface area contributed by atoms with Crippen molar-refractivity contribution in [2.24, 2.45) is 11.8 Å². The highest BCUT2D eigenvalue weighted by molar-refractivity contribution is 6.07. The lowest BCUT2D eigenvalue weighted by Gasteiger charge is -2.23. The number of pyridine rings is 1. The molecule has 1 aliphatic heterocycles. The van der Waals surface area contributed by atoms with Gasteiger partial charge in [0.05, 0.1) is 17.3 Å². The average molecular weight is 347 g/mol. The number of carbonyl (C=O) groups excluding carboxylic acids is 1. The number of benzene rings is 1. The van der Waals surface area contributed by atoms with Crippen LogP contribution in [-0.2, 0) is 0 Å². The van der Waals surface area contributed by atoms with Crippen LogP contribution in [0.5, 0.6) is 0 Å². The number of rotatable bonds is 3. The lowest BCUT2D eigenvalue weighted by atomic mass is 9.99. The van der Waals surface area contributed by atoms with Gasteiger partial charge in [0.25, 0.3) is 5.91 Å². The second kappa shape index (κ2) is 6.25. The minimum atomic E-state index is -0.0195. The Morgan fingerprint density at radius 3 is 2.92 bits per heavy atom. The molecule has 0 spiro atoms. The van der Waals surface area contributed by atoms with E-state index in [0.29, 0.717) is 28.9 Å². The van der Waals surface area contributed by atoms with E-state index in [2.05, 4.69) is 15.6 Å². The van der Waals surface area contributed by atoms with E-state index in [1.54, 1.807) is 6.26 Å². The fraction of sp³-hybridized carbons (Fsp3) is 0.333. The second-order valence-corrected chi connectivity index (χ2v) is 7.39. The number of piperidine rings is 1. The van der Waals surface area contributed by atoms with E-state index in [0.717, 1.165) is 30.4 Å². The van der Waals surface area contributed by atoms with Crippen molar-refractivity contribution < 1.29 is 9.21 Å². The van der Waals surface area contributed by atoms with Gasteiger partial charge in [0, 0.05) is 11.4 Å². The van der Waals surface area contributed by atoms with Crippen molar-refractivity contribution in [1.82, 2.24) is 15.6 Å². The molecule has 5 heteroatoms. The Hall–Kier alpha value is -2.66. The summed E-state index contributed by atoms with van der Waals surface area (Å²) in [5, 5.41) is 7.64. The highest BCUT2D eigenvalue weighted by Gasteiger charge is 2.37. The van der Waals surface area contributed by atoms with Crippen LogP contribution in [0.1, 0.15) is 23.2 Å². The lowest BCUT2D eigenvalue weighted by Crippen LogP contribution is -2.40. The molecule has 3 heterocycles. The first-order valence-electron chi connectivity index (χ1n) is 9.23.